The van der Waals surface area contributed by atoms with E-state index < -0.39 is 0 Å². The molecule has 4 rings (SSSR count). The van der Waals surface area contributed by atoms with Gasteiger partial charge in [0.2, 0.25) is 6.41 Å². The van der Waals surface area contributed by atoms with Crippen LogP contribution in [0.2, 0.25) is 0 Å². The predicted molar refractivity (Wildman–Crippen MR) is 125 cm³/mol. The fourth-order valence-electron chi connectivity index (χ4n) is 3.52. The Balaban J connectivity index is 1.89. The number of halogens is 1. The monoisotopic (exact) mass is 460 g/mol. The van der Waals surface area contributed by atoms with Gasteiger partial charge >= 0.3 is 0 Å². The molecule has 0 atom stereocenters. The molecule has 6 heteroatoms. The molecule has 1 heterocycles. The van der Waals surface area contributed by atoms with Crippen LogP contribution in [0.3, 0.4) is 0 Å². The summed E-state index contributed by atoms with van der Waals surface area (Å²) in [5.74, 6) is 0. The van der Waals surface area contributed by atoms with Crippen LogP contribution in [0.4, 0.5) is 17.1 Å². The molecule has 0 bridgehead atoms. The van der Waals surface area contributed by atoms with Gasteiger partial charge in [0.1, 0.15) is 0 Å². The van der Waals surface area contributed by atoms with Crippen LogP contribution in [0.25, 0.3) is 11.3 Å². The van der Waals surface area contributed by atoms with Gasteiger partial charge in [0.25, 0.3) is 0 Å². The van der Waals surface area contributed by atoms with Crippen molar-refractivity contribution >= 4 is 39.4 Å². The van der Waals surface area contributed by atoms with E-state index in [1.54, 1.807) is 11.2 Å². The second-order valence-corrected chi connectivity index (χ2v) is 7.75. The van der Waals surface area contributed by atoms with Crippen molar-refractivity contribution in [3.05, 3.63) is 95.1 Å². The molecular weight excluding hydrogens is 440 g/mol. The van der Waals surface area contributed by atoms with Crippen molar-refractivity contribution in [3.63, 3.8) is 0 Å². The first kappa shape index (κ1) is 19.9. The van der Waals surface area contributed by atoms with Crippen molar-refractivity contribution in [2.24, 2.45) is 7.05 Å². The summed E-state index contributed by atoms with van der Waals surface area (Å²) in [6.07, 6.45) is 2.63. The molecule has 0 fully saturated rings. The summed E-state index contributed by atoms with van der Waals surface area (Å²) in [5.41, 5.74) is 5.55. The minimum absolute atomic E-state index is 0.823. The minimum Gasteiger partial charge on any atom is -0.276 e. The third kappa shape index (κ3) is 3.74. The molecule has 0 saturated heterocycles. The normalized spacial score (nSPS) is 10.6. The van der Waals surface area contributed by atoms with Crippen LogP contribution in [0.1, 0.15) is 5.56 Å². The summed E-state index contributed by atoms with van der Waals surface area (Å²) in [4.78, 5) is 12.3. The summed E-state index contributed by atoms with van der Waals surface area (Å²) >= 11 is 3.59. The van der Waals surface area contributed by atoms with E-state index in [0.29, 0.717) is 0 Å². The van der Waals surface area contributed by atoms with Crippen LogP contribution in [0.5, 0.6) is 0 Å². The first-order valence-electron chi connectivity index (χ1n) is 9.53. The molecule has 150 valence electrons. The van der Waals surface area contributed by atoms with E-state index in [1.807, 2.05) is 96.5 Å². The maximum absolute atomic E-state index is 12.3. The third-order valence-electron chi connectivity index (χ3n) is 4.94. The fourth-order valence-corrected chi connectivity index (χ4v) is 4.10. The maximum Gasteiger partial charge on any atom is 0.233 e. The highest BCUT2D eigenvalue weighted by Crippen LogP contribution is 2.35. The van der Waals surface area contributed by atoms with Gasteiger partial charge in [-0.1, -0.05) is 48.5 Å². The van der Waals surface area contributed by atoms with E-state index in [-0.39, 0.29) is 0 Å². The Morgan fingerprint density at radius 2 is 1.63 bits per heavy atom. The Labute approximate surface area is 184 Å². The Morgan fingerprint density at radius 3 is 2.30 bits per heavy atom. The predicted octanol–water partition coefficient (Wildman–Crippen LogP) is 5.87. The summed E-state index contributed by atoms with van der Waals surface area (Å²) in [5, 5.41) is 7.89. The van der Waals surface area contributed by atoms with E-state index >= 15 is 0 Å². The average Bonchev–Trinajstić information content (AvgIpc) is 3.11. The number of hydrogen-bond donors (Lipinski definition) is 0. The molecule has 0 N–H and O–H groups in total. The van der Waals surface area contributed by atoms with Crippen LogP contribution in [-0.4, -0.2) is 16.2 Å². The molecule has 0 unspecified atom stereocenters. The standard InChI is InChI=1S/C24H21BrN4O/c1-18-9-6-7-14-23(18)28(17-30)29(20-11-4-3-5-12-20)21-13-8-10-19(15-21)24-22(25)16-26-27(24)2/h3-17H,1-2H3. The van der Waals surface area contributed by atoms with Crippen molar-refractivity contribution < 1.29 is 4.79 Å². The van der Waals surface area contributed by atoms with Crippen LogP contribution < -0.4 is 10.0 Å². The molecule has 5 nitrogen and oxygen atoms in total. The van der Waals surface area contributed by atoms with E-state index in [9.17, 15) is 4.79 Å². The summed E-state index contributed by atoms with van der Waals surface area (Å²) in [6.45, 7) is 2.00. The van der Waals surface area contributed by atoms with Crippen LogP contribution in [0.15, 0.2) is 89.5 Å². The number of anilines is 3. The van der Waals surface area contributed by atoms with Gasteiger partial charge in [0.05, 0.1) is 33.4 Å². The molecule has 3 aromatic carbocycles. The SMILES string of the molecule is Cc1ccccc1N(C=O)N(c1ccccc1)c1cccc(-c2c(Br)cnn2C)c1. The number of hydrazine groups is 1. The Morgan fingerprint density at radius 1 is 0.933 bits per heavy atom. The number of para-hydroxylation sites is 2. The van der Waals surface area contributed by atoms with E-state index in [2.05, 4.69) is 27.1 Å². The summed E-state index contributed by atoms with van der Waals surface area (Å²) < 4.78 is 2.74. The van der Waals surface area contributed by atoms with E-state index in [1.165, 1.54) is 0 Å². The van der Waals surface area contributed by atoms with Gasteiger partial charge in [0, 0.05) is 12.6 Å². The minimum atomic E-state index is 0.823. The second kappa shape index (κ2) is 8.55. The molecule has 0 aliphatic rings. The lowest BCUT2D eigenvalue weighted by atomic mass is 10.1. The van der Waals surface area contributed by atoms with Gasteiger partial charge in [-0.15, -0.1) is 0 Å². The smallest absolute Gasteiger partial charge is 0.233 e. The molecule has 0 saturated carbocycles. The molecule has 0 spiro atoms. The van der Waals surface area contributed by atoms with E-state index in [4.69, 9.17) is 0 Å². The number of rotatable bonds is 6. The second-order valence-electron chi connectivity index (χ2n) is 6.90. The van der Waals surface area contributed by atoms with Crippen LogP contribution in [0, 0.1) is 6.92 Å². The van der Waals surface area contributed by atoms with Gasteiger partial charge in [-0.05, 0) is 58.7 Å². The van der Waals surface area contributed by atoms with Gasteiger partial charge in [-0.3, -0.25) is 9.48 Å². The van der Waals surface area contributed by atoms with Gasteiger partial charge < -0.3 is 0 Å². The Hall–Kier alpha value is -3.38. The number of aryl methyl sites for hydroxylation is 2. The van der Waals surface area contributed by atoms with Crippen LogP contribution in [-0.2, 0) is 11.8 Å². The van der Waals surface area contributed by atoms with Crippen molar-refractivity contribution in [2.75, 3.05) is 10.0 Å². The van der Waals surface area contributed by atoms with Crippen molar-refractivity contribution in [1.82, 2.24) is 9.78 Å². The van der Waals surface area contributed by atoms with Gasteiger partial charge in [0.15, 0.2) is 0 Å². The zero-order chi connectivity index (χ0) is 21.1. The number of hydrogen-bond acceptors (Lipinski definition) is 3. The van der Waals surface area contributed by atoms with Gasteiger partial charge in [-0.25, -0.2) is 10.0 Å². The number of carbonyl (C=O) groups is 1. The molecule has 0 aliphatic carbocycles. The third-order valence-corrected chi connectivity index (χ3v) is 5.52. The lowest BCUT2D eigenvalue weighted by Crippen LogP contribution is -2.39. The lowest BCUT2D eigenvalue weighted by Gasteiger charge is -2.35. The van der Waals surface area contributed by atoms with E-state index in [0.717, 1.165) is 44.8 Å². The topological polar surface area (TPSA) is 41.4 Å². The summed E-state index contributed by atoms with van der Waals surface area (Å²) in [6, 6.07) is 25.8. The van der Waals surface area contributed by atoms with Crippen molar-refractivity contribution in [1.29, 1.82) is 0 Å². The quantitative estimate of drug-likeness (QED) is 0.266. The highest BCUT2D eigenvalue weighted by molar-refractivity contribution is 9.10. The van der Waals surface area contributed by atoms with Gasteiger partial charge in [-0.2, -0.15) is 5.10 Å². The number of aromatic nitrogens is 2. The molecule has 1 amide bonds. The van der Waals surface area contributed by atoms with Crippen molar-refractivity contribution in [3.8, 4) is 11.3 Å². The maximum atomic E-state index is 12.3. The zero-order valence-corrected chi connectivity index (χ0v) is 18.3. The molecule has 0 aliphatic heterocycles. The highest BCUT2D eigenvalue weighted by Gasteiger charge is 2.21. The fraction of sp³-hybridized carbons (Fsp3) is 0.0833. The highest BCUT2D eigenvalue weighted by atomic mass is 79.9. The average molecular weight is 461 g/mol. The zero-order valence-electron chi connectivity index (χ0n) is 16.7. The van der Waals surface area contributed by atoms with Crippen molar-refractivity contribution in [2.45, 2.75) is 6.92 Å². The molecule has 1 aromatic heterocycles. The largest absolute Gasteiger partial charge is 0.276 e. The Bertz CT molecular complexity index is 1150. The number of benzene rings is 3. The first-order chi connectivity index (χ1) is 14.6. The molecule has 30 heavy (non-hydrogen) atoms. The number of amides is 1. The van der Waals surface area contributed by atoms with Crippen LogP contribution >= 0.6 is 15.9 Å². The Kier molecular flexibility index (Phi) is 5.68. The molecule has 0 radical (unpaired) electrons. The molecule has 4 aromatic rings. The lowest BCUT2D eigenvalue weighted by molar-refractivity contribution is -0.107. The first-order valence-corrected chi connectivity index (χ1v) is 10.3. The molecular formula is C24H21BrN4O. The number of nitrogens with zero attached hydrogens (tertiary/aromatic N) is 4. The summed E-state index contributed by atoms with van der Waals surface area (Å²) in [7, 11) is 1.91. The number of carbonyl (C=O) groups excluding carboxylic acids is 1.